The zero-order valence-electron chi connectivity index (χ0n) is 8.57. The maximum absolute atomic E-state index is 6.06. The van der Waals surface area contributed by atoms with Gasteiger partial charge in [0.25, 0.3) is 0 Å². The van der Waals surface area contributed by atoms with Gasteiger partial charge in [0.1, 0.15) is 0 Å². The maximum Gasteiger partial charge on any atom is 0.0162 e. The quantitative estimate of drug-likeness (QED) is 0.768. The van der Waals surface area contributed by atoms with Gasteiger partial charge in [-0.1, -0.05) is 18.2 Å². The van der Waals surface area contributed by atoms with E-state index in [4.69, 9.17) is 5.73 Å². The molecule has 1 unspecified atom stereocenters. The summed E-state index contributed by atoms with van der Waals surface area (Å²) in [6, 6.07) is 8.92. The molecule has 1 saturated carbocycles. The zero-order chi connectivity index (χ0) is 9.97. The molecule has 76 valence electrons. The summed E-state index contributed by atoms with van der Waals surface area (Å²) in [4.78, 5) is 1.38. The topological polar surface area (TPSA) is 26.0 Å². The van der Waals surface area contributed by atoms with E-state index in [1.165, 1.54) is 23.3 Å². The first-order valence-corrected chi connectivity index (χ1v) is 6.20. The largest absolute Gasteiger partial charge is 0.327 e. The van der Waals surface area contributed by atoms with Crippen molar-refractivity contribution in [3.8, 4) is 0 Å². The average molecular weight is 207 g/mol. The van der Waals surface area contributed by atoms with E-state index < -0.39 is 0 Å². The van der Waals surface area contributed by atoms with E-state index >= 15 is 0 Å². The molecule has 1 aliphatic carbocycles. The van der Waals surface area contributed by atoms with E-state index in [9.17, 15) is 0 Å². The highest BCUT2D eigenvalue weighted by atomic mass is 32.2. The number of hydrogen-bond donors (Lipinski definition) is 1. The minimum absolute atomic E-state index is 0.402. The van der Waals surface area contributed by atoms with Gasteiger partial charge >= 0.3 is 0 Å². The van der Waals surface area contributed by atoms with E-state index in [0.29, 0.717) is 6.04 Å². The lowest BCUT2D eigenvalue weighted by Gasteiger charge is -2.10. The zero-order valence-corrected chi connectivity index (χ0v) is 9.39. The fourth-order valence-electron chi connectivity index (χ4n) is 1.56. The molecule has 0 aliphatic heterocycles. The second kappa shape index (κ2) is 4.37. The highest BCUT2D eigenvalue weighted by molar-refractivity contribution is 7.99. The molecule has 1 nitrogen and oxygen atoms in total. The maximum atomic E-state index is 6.06. The lowest BCUT2D eigenvalue weighted by molar-refractivity contribution is 0.659. The summed E-state index contributed by atoms with van der Waals surface area (Å²) >= 11 is 1.90. The van der Waals surface area contributed by atoms with Gasteiger partial charge in [-0.15, -0.1) is 11.8 Å². The van der Waals surface area contributed by atoms with Crippen LogP contribution >= 0.6 is 11.8 Å². The normalized spacial score (nSPS) is 18.1. The van der Waals surface area contributed by atoms with Crippen molar-refractivity contribution >= 4 is 11.8 Å². The first-order chi connectivity index (χ1) is 6.77. The fraction of sp³-hybridized carbons (Fsp3) is 0.500. The Morgan fingerprint density at radius 1 is 1.43 bits per heavy atom. The van der Waals surface area contributed by atoms with Crippen LogP contribution in [-0.2, 0) is 0 Å². The molecule has 0 saturated heterocycles. The number of hydrogen-bond acceptors (Lipinski definition) is 2. The highest BCUT2D eigenvalue weighted by Crippen LogP contribution is 2.34. The molecule has 2 rings (SSSR count). The van der Waals surface area contributed by atoms with Crippen molar-refractivity contribution in [1.29, 1.82) is 0 Å². The van der Waals surface area contributed by atoms with Gasteiger partial charge in [-0.25, -0.2) is 0 Å². The third-order valence-corrected chi connectivity index (χ3v) is 4.07. The molecule has 0 spiro atoms. The molecule has 1 aromatic carbocycles. The van der Waals surface area contributed by atoms with E-state index in [1.54, 1.807) is 0 Å². The van der Waals surface area contributed by atoms with Crippen LogP contribution in [0.25, 0.3) is 0 Å². The SMILES string of the molecule is Cc1ccccc1SCC(N)C1CC1. The summed E-state index contributed by atoms with van der Waals surface area (Å²) in [5.74, 6) is 1.88. The van der Waals surface area contributed by atoms with Crippen LogP contribution in [0.15, 0.2) is 29.2 Å². The Kier molecular flexibility index (Phi) is 3.14. The molecule has 2 N–H and O–H groups in total. The predicted molar refractivity (Wildman–Crippen MR) is 62.6 cm³/mol. The number of aryl methyl sites for hydroxylation is 1. The fourth-order valence-corrected chi connectivity index (χ4v) is 2.68. The summed E-state index contributed by atoms with van der Waals surface area (Å²) in [7, 11) is 0. The van der Waals surface area contributed by atoms with Crippen LogP contribution in [-0.4, -0.2) is 11.8 Å². The standard InChI is InChI=1S/C12H17NS/c1-9-4-2-3-5-12(9)14-8-11(13)10-6-7-10/h2-5,10-11H,6-8,13H2,1H3. The van der Waals surface area contributed by atoms with Gasteiger partial charge in [-0.05, 0) is 37.3 Å². The van der Waals surface area contributed by atoms with Crippen LogP contribution in [0.3, 0.4) is 0 Å². The molecule has 1 fully saturated rings. The molecule has 14 heavy (non-hydrogen) atoms. The van der Waals surface area contributed by atoms with E-state index in [-0.39, 0.29) is 0 Å². The second-order valence-corrected chi connectivity index (χ2v) is 5.14. The van der Waals surface area contributed by atoms with Crippen molar-refractivity contribution in [2.24, 2.45) is 11.7 Å². The van der Waals surface area contributed by atoms with Crippen molar-refractivity contribution in [3.63, 3.8) is 0 Å². The van der Waals surface area contributed by atoms with Crippen LogP contribution in [0, 0.1) is 12.8 Å². The molecule has 0 radical (unpaired) electrons. The molecule has 0 aromatic heterocycles. The first kappa shape index (κ1) is 10.1. The highest BCUT2D eigenvalue weighted by Gasteiger charge is 2.28. The van der Waals surface area contributed by atoms with Crippen molar-refractivity contribution in [1.82, 2.24) is 0 Å². The Morgan fingerprint density at radius 2 is 2.14 bits per heavy atom. The van der Waals surface area contributed by atoms with Crippen molar-refractivity contribution in [2.45, 2.75) is 30.7 Å². The van der Waals surface area contributed by atoms with Crippen LogP contribution in [0.1, 0.15) is 18.4 Å². The number of benzene rings is 1. The molecule has 2 heteroatoms. The molecule has 1 aromatic rings. The second-order valence-electron chi connectivity index (χ2n) is 4.08. The monoisotopic (exact) mass is 207 g/mol. The number of thioether (sulfide) groups is 1. The lowest BCUT2D eigenvalue weighted by atomic mass is 10.2. The van der Waals surface area contributed by atoms with E-state index in [1.807, 2.05) is 11.8 Å². The van der Waals surface area contributed by atoms with Crippen molar-refractivity contribution < 1.29 is 0 Å². The molecule has 0 amide bonds. The molecule has 1 aliphatic rings. The van der Waals surface area contributed by atoms with Crippen LogP contribution in [0.5, 0.6) is 0 Å². The minimum atomic E-state index is 0.402. The van der Waals surface area contributed by atoms with Crippen LogP contribution < -0.4 is 5.73 Å². The minimum Gasteiger partial charge on any atom is -0.327 e. The van der Waals surface area contributed by atoms with Gasteiger partial charge in [0, 0.05) is 16.7 Å². The Balaban J connectivity index is 1.87. The van der Waals surface area contributed by atoms with Gasteiger partial charge in [-0.2, -0.15) is 0 Å². The van der Waals surface area contributed by atoms with Crippen molar-refractivity contribution in [3.05, 3.63) is 29.8 Å². The Morgan fingerprint density at radius 3 is 2.79 bits per heavy atom. The smallest absolute Gasteiger partial charge is 0.0162 e. The Hall–Kier alpha value is -0.470. The summed E-state index contributed by atoms with van der Waals surface area (Å²) in [6.45, 7) is 2.16. The molecule has 0 bridgehead atoms. The van der Waals surface area contributed by atoms with Gasteiger partial charge in [0.05, 0.1) is 0 Å². The predicted octanol–water partition coefficient (Wildman–Crippen LogP) is 2.82. The molecule has 1 atom stereocenters. The lowest BCUT2D eigenvalue weighted by Crippen LogP contribution is -2.24. The van der Waals surface area contributed by atoms with Gasteiger partial charge in [0.2, 0.25) is 0 Å². The van der Waals surface area contributed by atoms with Crippen LogP contribution in [0.2, 0.25) is 0 Å². The van der Waals surface area contributed by atoms with Crippen molar-refractivity contribution in [2.75, 3.05) is 5.75 Å². The van der Waals surface area contributed by atoms with Gasteiger partial charge in [-0.3, -0.25) is 0 Å². The van der Waals surface area contributed by atoms with Gasteiger partial charge in [0.15, 0.2) is 0 Å². The number of rotatable bonds is 4. The van der Waals surface area contributed by atoms with Crippen LogP contribution in [0.4, 0.5) is 0 Å². The molecular formula is C12H17NS. The first-order valence-electron chi connectivity index (χ1n) is 5.21. The summed E-state index contributed by atoms with van der Waals surface area (Å²) < 4.78 is 0. The Labute approximate surface area is 90.1 Å². The number of nitrogens with two attached hydrogens (primary N) is 1. The van der Waals surface area contributed by atoms with Gasteiger partial charge < -0.3 is 5.73 Å². The van der Waals surface area contributed by atoms with E-state index in [0.717, 1.165) is 11.7 Å². The summed E-state index contributed by atoms with van der Waals surface area (Å²) in [6.07, 6.45) is 2.69. The van der Waals surface area contributed by atoms with E-state index in [2.05, 4.69) is 31.2 Å². The molecular weight excluding hydrogens is 190 g/mol. The average Bonchev–Trinajstić information content (AvgIpc) is 2.99. The summed E-state index contributed by atoms with van der Waals surface area (Å²) in [5.41, 5.74) is 7.42. The third-order valence-electron chi connectivity index (χ3n) is 2.75. The molecule has 0 heterocycles. The summed E-state index contributed by atoms with van der Waals surface area (Å²) in [5, 5.41) is 0. The third kappa shape index (κ3) is 2.52. The Bertz CT molecular complexity index is 307.